The normalized spacial score (nSPS) is 12.6. The summed E-state index contributed by atoms with van der Waals surface area (Å²) in [5.41, 5.74) is 3.14. The fourth-order valence-electron chi connectivity index (χ4n) is 3.03. The number of benzene rings is 2. The van der Waals surface area contributed by atoms with E-state index in [2.05, 4.69) is 22.5 Å². The first-order valence-electron chi connectivity index (χ1n) is 9.34. The molecule has 0 saturated carbocycles. The van der Waals surface area contributed by atoms with Crippen LogP contribution in [0.3, 0.4) is 0 Å². The van der Waals surface area contributed by atoms with Gasteiger partial charge in [0.05, 0.1) is 18.8 Å². The molecule has 2 N–H and O–H groups in total. The highest BCUT2D eigenvalue weighted by molar-refractivity contribution is 5.98. The number of carbonyl (C=O) groups is 2. The molecule has 0 aliphatic carbocycles. The van der Waals surface area contributed by atoms with E-state index in [1.165, 1.54) is 0 Å². The Morgan fingerprint density at radius 2 is 1.68 bits per heavy atom. The molecule has 28 heavy (non-hydrogen) atoms. The minimum atomic E-state index is -0.325. The van der Waals surface area contributed by atoms with Crippen molar-refractivity contribution < 1.29 is 9.59 Å². The van der Waals surface area contributed by atoms with E-state index in [1.54, 1.807) is 4.90 Å². The van der Waals surface area contributed by atoms with Gasteiger partial charge < -0.3 is 15.5 Å². The van der Waals surface area contributed by atoms with E-state index in [0.717, 1.165) is 22.4 Å². The largest absolute Gasteiger partial charge is 0.347 e. The lowest BCUT2D eigenvalue weighted by molar-refractivity contribution is -0.125. The topological polar surface area (TPSA) is 61.4 Å². The molecule has 0 unspecified atom stereocenters. The van der Waals surface area contributed by atoms with Gasteiger partial charge in [0, 0.05) is 23.1 Å². The SMILES string of the molecule is CNC(C)(C)CC(=O)NCC(=O)N1Cc2ccccc2C#Cc2ccccc21. The van der Waals surface area contributed by atoms with E-state index >= 15 is 0 Å². The van der Waals surface area contributed by atoms with E-state index in [-0.39, 0.29) is 23.9 Å². The lowest BCUT2D eigenvalue weighted by Gasteiger charge is -2.27. The van der Waals surface area contributed by atoms with Crippen LogP contribution in [-0.4, -0.2) is 30.9 Å². The van der Waals surface area contributed by atoms with Crippen LogP contribution < -0.4 is 15.5 Å². The van der Waals surface area contributed by atoms with Gasteiger partial charge in [0.25, 0.3) is 0 Å². The second kappa shape index (κ2) is 8.28. The summed E-state index contributed by atoms with van der Waals surface area (Å²) in [5, 5.41) is 5.85. The van der Waals surface area contributed by atoms with Crippen LogP contribution in [0.15, 0.2) is 48.5 Å². The third-order valence-electron chi connectivity index (χ3n) is 4.89. The zero-order valence-electron chi connectivity index (χ0n) is 16.5. The third kappa shape index (κ3) is 4.59. The van der Waals surface area contributed by atoms with Gasteiger partial charge in [-0.05, 0) is 44.7 Å². The predicted octanol–water partition coefficient (Wildman–Crippen LogP) is 2.44. The maximum absolute atomic E-state index is 13.0. The van der Waals surface area contributed by atoms with Crippen molar-refractivity contribution in [3.05, 3.63) is 65.2 Å². The lowest BCUT2D eigenvalue weighted by Crippen LogP contribution is -2.45. The summed E-state index contributed by atoms with van der Waals surface area (Å²) in [4.78, 5) is 27.0. The molecule has 0 radical (unpaired) electrons. The minimum absolute atomic E-state index is 0.0530. The van der Waals surface area contributed by atoms with Gasteiger partial charge >= 0.3 is 0 Å². The van der Waals surface area contributed by atoms with Crippen LogP contribution in [-0.2, 0) is 16.1 Å². The summed E-state index contributed by atoms with van der Waals surface area (Å²) in [5.74, 6) is 6.04. The maximum Gasteiger partial charge on any atom is 0.246 e. The summed E-state index contributed by atoms with van der Waals surface area (Å²) in [6.07, 6.45) is 0.293. The first kappa shape index (κ1) is 19.7. The molecule has 2 aromatic rings. The number of rotatable bonds is 5. The summed E-state index contributed by atoms with van der Waals surface area (Å²) in [7, 11) is 1.81. The molecule has 0 atom stereocenters. The summed E-state index contributed by atoms with van der Waals surface area (Å²) in [6, 6.07) is 15.4. The van der Waals surface area contributed by atoms with Crippen molar-refractivity contribution >= 4 is 17.5 Å². The van der Waals surface area contributed by atoms with Gasteiger partial charge in [0.2, 0.25) is 11.8 Å². The molecule has 144 valence electrons. The number of anilines is 1. The molecule has 1 aliphatic heterocycles. The predicted molar refractivity (Wildman–Crippen MR) is 111 cm³/mol. The fraction of sp³-hybridized carbons (Fsp3) is 0.304. The van der Waals surface area contributed by atoms with Crippen LogP contribution in [0.25, 0.3) is 0 Å². The van der Waals surface area contributed by atoms with Gasteiger partial charge in [-0.25, -0.2) is 0 Å². The number of carbonyl (C=O) groups excluding carboxylic acids is 2. The summed E-state index contributed by atoms with van der Waals surface area (Å²) in [6.45, 7) is 4.25. The van der Waals surface area contributed by atoms with Crippen LogP contribution in [0.1, 0.15) is 37.0 Å². The molecule has 0 spiro atoms. The number of nitrogens with one attached hydrogen (secondary N) is 2. The Hall–Kier alpha value is -3.10. The van der Waals surface area contributed by atoms with E-state index in [9.17, 15) is 9.59 Å². The molecule has 5 heteroatoms. The molecule has 5 nitrogen and oxygen atoms in total. The molecule has 0 fully saturated rings. The van der Waals surface area contributed by atoms with Crippen molar-refractivity contribution in [2.75, 3.05) is 18.5 Å². The van der Waals surface area contributed by atoms with Crippen LogP contribution in [0.5, 0.6) is 0 Å². The molecule has 0 aromatic heterocycles. The van der Waals surface area contributed by atoms with Crippen LogP contribution in [0.4, 0.5) is 5.69 Å². The average Bonchev–Trinajstić information content (AvgIpc) is 2.67. The summed E-state index contributed by atoms with van der Waals surface area (Å²) >= 11 is 0. The van der Waals surface area contributed by atoms with Gasteiger partial charge in [0.15, 0.2) is 0 Å². The van der Waals surface area contributed by atoms with Gasteiger partial charge in [-0.1, -0.05) is 42.2 Å². The second-order valence-electron chi connectivity index (χ2n) is 7.49. The van der Waals surface area contributed by atoms with Crippen LogP contribution >= 0.6 is 0 Å². The quantitative estimate of drug-likeness (QED) is 0.789. The number of hydrogen-bond acceptors (Lipinski definition) is 3. The van der Waals surface area contributed by atoms with Gasteiger partial charge in [-0.15, -0.1) is 0 Å². The number of fused-ring (bicyclic) bond motifs is 2. The van der Waals surface area contributed by atoms with E-state index in [4.69, 9.17) is 0 Å². The Balaban J connectivity index is 1.82. The molecule has 1 heterocycles. The Morgan fingerprint density at radius 1 is 1.04 bits per heavy atom. The first-order valence-corrected chi connectivity index (χ1v) is 9.34. The van der Waals surface area contributed by atoms with Gasteiger partial charge in [-0.3, -0.25) is 9.59 Å². The zero-order chi connectivity index (χ0) is 20.1. The Kier molecular flexibility index (Phi) is 5.81. The third-order valence-corrected chi connectivity index (χ3v) is 4.89. The van der Waals surface area contributed by atoms with Crippen molar-refractivity contribution in [1.82, 2.24) is 10.6 Å². The Bertz CT molecular complexity index is 954. The number of nitrogens with zero attached hydrogens (tertiary/aromatic N) is 1. The molecule has 0 bridgehead atoms. The Morgan fingerprint density at radius 3 is 2.43 bits per heavy atom. The zero-order valence-corrected chi connectivity index (χ0v) is 16.5. The first-order chi connectivity index (χ1) is 13.4. The molecule has 0 saturated heterocycles. The molecule has 2 amide bonds. The van der Waals surface area contributed by atoms with Gasteiger partial charge in [0.1, 0.15) is 0 Å². The van der Waals surface area contributed by atoms with E-state index in [0.29, 0.717) is 13.0 Å². The standard InChI is InChI=1S/C23H25N3O2/c1-23(2,24-3)14-21(27)25-15-22(28)26-16-19-10-5-4-8-17(19)12-13-18-9-6-7-11-20(18)26/h4-11,24H,14-16H2,1-3H3,(H,25,27). The molecule has 2 aromatic carbocycles. The van der Waals surface area contributed by atoms with Crippen molar-refractivity contribution in [2.24, 2.45) is 0 Å². The summed E-state index contributed by atoms with van der Waals surface area (Å²) < 4.78 is 0. The smallest absolute Gasteiger partial charge is 0.246 e. The van der Waals surface area contributed by atoms with Gasteiger partial charge in [-0.2, -0.15) is 0 Å². The van der Waals surface area contributed by atoms with Crippen molar-refractivity contribution in [3.63, 3.8) is 0 Å². The molecular formula is C23H25N3O2. The Labute approximate surface area is 166 Å². The number of para-hydroxylation sites is 1. The highest BCUT2D eigenvalue weighted by atomic mass is 16.2. The van der Waals surface area contributed by atoms with Crippen LogP contribution in [0.2, 0.25) is 0 Å². The van der Waals surface area contributed by atoms with E-state index in [1.807, 2.05) is 69.4 Å². The fourth-order valence-corrected chi connectivity index (χ4v) is 3.03. The minimum Gasteiger partial charge on any atom is -0.347 e. The van der Waals surface area contributed by atoms with Crippen molar-refractivity contribution in [2.45, 2.75) is 32.4 Å². The van der Waals surface area contributed by atoms with Crippen LogP contribution in [0, 0.1) is 11.8 Å². The highest BCUT2D eigenvalue weighted by Crippen LogP contribution is 2.25. The highest BCUT2D eigenvalue weighted by Gasteiger charge is 2.23. The molecule has 3 rings (SSSR count). The van der Waals surface area contributed by atoms with Crippen molar-refractivity contribution in [1.29, 1.82) is 0 Å². The second-order valence-corrected chi connectivity index (χ2v) is 7.49. The average molecular weight is 375 g/mol. The lowest BCUT2D eigenvalue weighted by atomic mass is 10.0. The maximum atomic E-state index is 13.0. The number of hydrogen-bond donors (Lipinski definition) is 2. The monoisotopic (exact) mass is 375 g/mol. The van der Waals surface area contributed by atoms with Crippen molar-refractivity contribution in [3.8, 4) is 11.8 Å². The molecular weight excluding hydrogens is 350 g/mol. The molecule has 1 aliphatic rings. The van der Waals surface area contributed by atoms with E-state index < -0.39 is 0 Å². The number of amides is 2.